The van der Waals surface area contributed by atoms with E-state index in [0.717, 1.165) is 16.1 Å². The molecule has 0 spiro atoms. The number of halogens is 3. The monoisotopic (exact) mass is 532 g/mol. The number of alkyl halides is 3. The molecule has 1 atom stereocenters. The van der Waals surface area contributed by atoms with Crippen LogP contribution in [0.1, 0.15) is 59.6 Å². The minimum absolute atomic E-state index is 0.0559. The van der Waals surface area contributed by atoms with Gasteiger partial charge in [-0.05, 0) is 52.9 Å². The molecule has 7 nitrogen and oxygen atoms in total. The molecule has 11 heteroatoms. The predicted octanol–water partition coefficient (Wildman–Crippen LogP) is 5.37. The molecule has 2 aromatic heterocycles. The van der Waals surface area contributed by atoms with Crippen molar-refractivity contribution in [3.63, 3.8) is 0 Å². The Hall–Kier alpha value is -3.70. The fraction of sp³-hybridized carbons (Fsp3) is 0.231. The number of aromatic nitrogens is 2. The van der Waals surface area contributed by atoms with Gasteiger partial charge in [0.25, 0.3) is 10.0 Å². The first-order valence-electron chi connectivity index (χ1n) is 11.1. The van der Waals surface area contributed by atoms with Crippen LogP contribution in [-0.2, 0) is 21.6 Å². The maximum absolute atomic E-state index is 13.9. The lowest BCUT2D eigenvalue weighted by Gasteiger charge is -2.21. The molecule has 4 rings (SSSR count). The Bertz CT molecular complexity index is 1600. The number of hydrogen-bond donors (Lipinski definition) is 2. The third-order valence-corrected chi connectivity index (χ3v) is 7.66. The minimum atomic E-state index is -4.71. The molecule has 194 valence electrons. The lowest BCUT2D eigenvalue weighted by Crippen LogP contribution is -2.20. The molecule has 0 saturated carbocycles. The highest BCUT2D eigenvalue weighted by Crippen LogP contribution is 2.36. The van der Waals surface area contributed by atoms with E-state index in [-0.39, 0.29) is 32.7 Å². The van der Waals surface area contributed by atoms with Crippen molar-refractivity contribution >= 4 is 27.0 Å². The first-order chi connectivity index (χ1) is 17.1. The van der Waals surface area contributed by atoms with Crippen LogP contribution in [0, 0.1) is 0 Å². The number of rotatable bonds is 5. The Morgan fingerprint density at radius 3 is 2.19 bits per heavy atom. The van der Waals surface area contributed by atoms with Gasteiger partial charge in [-0.25, -0.2) is 22.2 Å². The molecule has 0 fully saturated rings. The van der Waals surface area contributed by atoms with Crippen LogP contribution in [0.25, 0.3) is 11.0 Å². The second kappa shape index (κ2) is 9.00. The van der Waals surface area contributed by atoms with Gasteiger partial charge in [-0.1, -0.05) is 45.0 Å². The van der Waals surface area contributed by atoms with Crippen molar-refractivity contribution in [2.75, 3.05) is 0 Å². The van der Waals surface area contributed by atoms with Crippen molar-refractivity contribution < 1.29 is 36.6 Å². The van der Waals surface area contributed by atoms with Gasteiger partial charge in [-0.3, -0.25) is 0 Å². The van der Waals surface area contributed by atoms with Crippen molar-refractivity contribution in [3.05, 3.63) is 94.8 Å². The van der Waals surface area contributed by atoms with Crippen LogP contribution in [0.15, 0.2) is 71.8 Å². The Labute approximate surface area is 210 Å². The van der Waals surface area contributed by atoms with E-state index in [0.29, 0.717) is 11.8 Å². The fourth-order valence-electron chi connectivity index (χ4n) is 3.90. The molecule has 0 aliphatic carbocycles. The van der Waals surface area contributed by atoms with Crippen LogP contribution in [-0.4, -0.2) is 33.6 Å². The van der Waals surface area contributed by atoms with Crippen molar-refractivity contribution in [1.29, 1.82) is 0 Å². The number of carboxylic acids is 1. The zero-order valence-electron chi connectivity index (χ0n) is 20.0. The summed E-state index contributed by atoms with van der Waals surface area (Å²) >= 11 is 0. The van der Waals surface area contributed by atoms with E-state index in [1.54, 1.807) is 12.1 Å². The third-order valence-electron chi connectivity index (χ3n) is 5.94. The maximum atomic E-state index is 13.9. The van der Waals surface area contributed by atoms with Gasteiger partial charge < -0.3 is 10.2 Å². The average Bonchev–Trinajstić information content (AvgIpc) is 3.22. The summed E-state index contributed by atoms with van der Waals surface area (Å²) in [6, 6.07) is 13.1. The Morgan fingerprint density at radius 1 is 0.973 bits per heavy atom. The van der Waals surface area contributed by atoms with Crippen LogP contribution in [0.5, 0.6) is 0 Å². The number of pyridine rings is 1. The van der Waals surface area contributed by atoms with Crippen molar-refractivity contribution in [1.82, 2.24) is 8.96 Å². The van der Waals surface area contributed by atoms with E-state index in [9.17, 15) is 31.5 Å². The summed E-state index contributed by atoms with van der Waals surface area (Å²) < 4.78 is 68.5. The highest BCUT2D eigenvalue weighted by Gasteiger charge is 2.34. The molecular formula is C26H23F3N2O5S. The molecule has 0 radical (unpaired) electrons. The molecule has 1 unspecified atom stereocenters. The second-order valence-corrected chi connectivity index (χ2v) is 11.4. The van der Waals surface area contributed by atoms with Crippen LogP contribution < -0.4 is 0 Å². The molecule has 2 heterocycles. The lowest BCUT2D eigenvalue weighted by atomic mass is 9.87. The smallest absolute Gasteiger partial charge is 0.417 e. The summed E-state index contributed by atoms with van der Waals surface area (Å²) in [5, 5.41) is 20.1. The molecule has 0 saturated heterocycles. The molecule has 0 aliphatic rings. The van der Waals surface area contributed by atoms with Gasteiger partial charge in [0, 0.05) is 11.6 Å². The first-order valence-corrected chi connectivity index (χ1v) is 12.5. The number of fused-ring (bicyclic) bond motifs is 1. The van der Waals surface area contributed by atoms with E-state index >= 15 is 0 Å². The van der Waals surface area contributed by atoms with E-state index in [1.165, 1.54) is 36.4 Å². The van der Waals surface area contributed by atoms with Crippen LogP contribution in [0.4, 0.5) is 13.2 Å². The van der Waals surface area contributed by atoms with Gasteiger partial charge in [0.2, 0.25) is 0 Å². The number of hydrogen-bond acceptors (Lipinski definition) is 5. The van der Waals surface area contributed by atoms with Gasteiger partial charge in [0.1, 0.15) is 6.10 Å². The molecule has 2 N–H and O–H groups in total. The average molecular weight is 533 g/mol. The van der Waals surface area contributed by atoms with Crippen molar-refractivity contribution in [3.8, 4) is 0 Å². The van der Waals surface area contributed by atoms with E-state index in [1.807, 2.05) is 20.8 Å². The topological polar surface area (TPSA) is 109 Å². The summed E-state index contributed by atoms with van der Waals surface area (Å²) in [5.74, 6) is -1.19. The summed E-state index contributed by atoms with van der Waals surface area (Å²) in [7, 11) is -4.44. The number of carbonyl (C=O) groups is 1. The molecule has 4 aromatic rings. The summed E-state index contributed by atoms with van der Waals surface area (Å²) in [6.45, 7) is 5.71. The van der Waals surface area contributed by atoms with E-state index in [2.05, 4.69) is 4.98 Å². The Morgan fingerprint density at radius 2 is 1.62 bits per heavy atom. The normalized spacial score (nSPS) is 13.6. The van der Waals surface area contributed by atoms with E-state index in [4.69, 9.17) is 5.11 Å². The number of benzene rings is 2. The third kappa shape index (κ3) is 4.96. The molecule has 37 heavy (non-hydrogen) atoms. The van der Waals surface area contributed by atoms with Gasteiger partial charge >= 0.3 is 12.1 Å². The van der Waals surface area contributed by atoms with Crippen molar-refractivity contribution in [2.45, 2.75) is 43.4 Å². The summed E-state index contributed by atoms with van der Waals surface area (Å²) in [6.07, 6.45) is -5.79. The summed E-state index contributed by atoms with van der Waals surface area (Å²) in [5.41, 5.74) is -1.20. The maximum Gasteiger partial charge on any atom is 0.417 e. The summed E-state index contributed by atoms with van der Waals surface area (Å²) in [4.78, 5) is 14.9. The lowest BCUT2D eigenvalue weighted by molar-refractivity contribution is -0.137. The molecule has 0 amide bonds. The van der Waals surface area contributed by atoms with Crippen LogP contribution >= 0.6 is 0 Å². The molecule has 0 bridgehead atoms. The second-order valence-electron chi connectivity index (χ2n) is 9.58. The predicted molar refractivity (Wildman–Crippen MR) is 130 cm³/mol. The number of aliphatic hydroxyl groups excluding tert-OH is 1. The number of carboxylic acid groups (broad SMARTS) is 1. The number of aromatic carboxylic acids is 1. The minimum Gasteiger partial charge on any atom is -0.478 e. The standard InChI is InChI=1S/C26H23F3N2O5S/c1-25(2,3)18-5-4-6-20(13-18)37(35,36)31-21(22(32)15-7-9-16(10-8-15)24(33)34)12-17-11-19(26(27,28)29)14-30-23(17)31/h4-14,22,32H,1-3H3,(H,33,34). The number of nitrogens with zero attached hydrogens (tertiary/aromatic N) is 2. The molecule has 0 aliphatic heterocycles. The van der Waals surface area contributed by atoms with Crippen LogP contribution in [0.3, 0.4) is 0 Å². The molecule has 2 aromatic carbocycles. The zero-order valence-corrected chi connectivity index (χ0v) is 20.8. The van der Waals surface area contributed by atoms with Gasteiger partial charge in [-0.2, -0.15) is 13.2 Å². The van der Waals surface area contributed by atoms with Crippen molar-refractivity contribution in [2.24, 2.45) is 0 Å². The van der Waals surface area contributed by atoms with E-state index < -0.39 is 39.3 Å². The SMILES string of the molecule is CC(C)(C)c1cccc(S(=O)(=O)n2c(C(O)c3ccc(C(=O)O)cc3)cc3cc(C(F)(F)F)cnc32)c1. The largest absolute Gasteiger partial charge is 0.478 e. The van der Waals surface area contributed by atoms with Gasteiger partial charge in [0.05, 0.1) is 21.7 Å². The number of aliphatic hydroxyl groups is 1. The first kappa shape index (κ1) is 26.4. The Kier molecular flexibility index (Phi) is 6.41. The molecular weight excluding hydrogens is 509 g/mol. The zero-order chi connectivity index (χ0) is 27.3. The Balaban J connectivity index is 1.97. The highest BCUT2D eigenvalue weighted by molar-refractivity contribution is 7.90. The van der Waals surface area contributed by atoms with Gasteiger partial charge in [-0.15, -0.1) is 0 Å². The van der Waals surface area contributed by atoms with Gasteiger partial charge in [0.15, 0.2) is 5.65 Å². The van der Waals surface area contributed by atoms with Crippen LogP contribution in [0.2, 0.25) is 0 Å². The highest BCUT2D eigenvalue weighted by atomic mass is 32.2. The quantitative estimate of drug-likeness (QED) is 0.358. The fourth-order valence-corrected chi connectivity index (χ4v) is 5.44.